The smallest absolute Gasteiger partial charge is 0.124 e. The molecule has 0 bridgehead atoms. The van der Waals surface area contributed by atoms with Crippen molar-refractivity contribution >= 4 is 15.9 Å². The number of halogens is 1. The van der Waals surface area contributed by atoms with Crippen LogP contribution in [0.25, 0.3) is 0 Å². The Balaban J connectivity index is 1.84. The van der Waals surface area contributed by atoms with Crippen LogP contribution >= 0.6 is 15.9 Å². The Morgan fingerprint density at radius 1 is 1.24 bits per heavy atom. The summed E-state index contributed by atoms with van der Waals surface area (Å²) in [6.07, 6.45) is 6.63. The van der Waals surface area contributed by atoms with Gasteiger partial charge in [0.1, 0.15) is 11.9 Å². The van der Waals surface area contributed by atoms with Gasteiger partial charge in [-0.2, -0.15) is 0 Å². The lowest BCUT2D eigenvalue weighted by Gasteiger charge is -2.33. The summed E-state index contributed by atoms with van der Waals surface area (Å²) in [5.41, 5.74) is 7.42. The number of rotatable bonds is 1. The first-order chi connectivity index (χ1) is 8.24. The van der Waals surface area contributed by atoms with Gasteiger partial charge in [-0.1, -0.05) is 28.8 Å². The van der Waals surface area contributed by atoms with Gasteiger partial charge in [-0.15, -0.1) is 0 Å². The van der Waals surface area contributed by atoms with E-state index in [1.54, 1.807) is 0 Å². The molecule has 2 N–H and O–H groups in total. The second-order valence-corrected chi connectivity index (χ2v) is 6.14. The normalized spacial score (nSPS) is 28.8. The molecule has 2 atom stereocenters. The molecule has 3 heteroatoms. The summed E-state index contributed by atoms with van der Waals surface area (Å²) in [5.74, 6) is 1.71. The number of ether oxygens (including phenoxy) is 1. The second kappa shape index (κ2) is 4.62. The maximum Gasteiger partial charge on any atom is 0.124 e. The van der Waals surface area contributed by atoms with Gasteiger partial charge in [0, 0.05) is 22.5 Å². The highest BCUT2D eigenvalue weighted by Gasteiger charge is 2.33. The first-order valence-corrected chi connectivity index (χ1v) is 7.25. The number of benzene rings is 1. The fraction of sp³-hybridized carbons (Fsp3) is 0.571. The van der Waals surface area contributed by atoms with Crippen LogP contribution in [0.1, 0.15) is 43.7 Å². The number of fused-ring (bicyclic) bond motifs is 1. The highest BCUT2D eigenvalue weighted by molar-refractivity contribution is 9.10. The van der Waals surface area contributed by atoms with Gasteiger partial charge in [0.25, 0.3) is 0 Å². The maximum atomic E-state index is 6.27. The quantitative estimate of drug-likeness (QED) is 0.855. The van der Waals surface area contributed by atoms with Crippen LogP contribution in [0.2, 0.25) is 0 Å². The van der Waals surface area contributed by atoms with E-state index >= 15 is 0 Å². The fourth-order valence-electron chi connectivity index (χ4n) is 3.12. The SMILES string of the molecule is NC1CC(C2CCCC2)Oc2ccc(Br)cc21. The Kier molecular flexibility index (Phi) is 3.14. The average molecular weight is 296 g/mol. The largest absolute Gasteiger partial charge is 0.490 e. The fourth-order valence-corrected chi connectivity index (χ4v) is 3.50. The molecule has 2 aliphatic rings. The summed E-state index contributed by atoms with van der Waals surface area (Å²) < 4.78 is 7.22. The monoisotopic (exact) mass is 295 g/mol. The summed E-state index contributed by atoms with van der Waals surface area (Å²) in [7, 11) is 0. The highest BCUT2D eigenvalue weighted by atomic mass is 79.9. The molecule has 2 nitrogen and oxygen atoms in total. The first-order valence-electron chi connectivity index (χ1n) is 6.46. The minimum Gasteiger partial charge on any atom is -0.490 e. The van der Waals surface area contributed by atoms with Crippen molar-refractivity contribution in [1.82, 2.24) is 0 Å². The van der Waals surface area contributed by atoms with E-state index < -0.39 is 0 Å². The van der Waals surface area contributed by atoms with Gasteiger partial charge in [0.2, 0.25) is 0 Å². The van der Waals surface area contributed by atoms with Crippen molar-refractivity contribution in [3.63, 3.8) is 0 Å². The lowest BCUT2D eigenvalue weighted by Crippen LogP contribution is -2.34. The maximum absolute atomic E-state index is 6.27. The van der Waals surface area contributed by atoms with Crippen molar-refractivity contribution in [2.75, 3.05) is 0 Å². The van der Waals surface area contributed by atoms with E-state index in [4.69, 9.17) is 10.5 Å². The van der Waals surface area contributed by atoms with E-state index in [0.29, 0.717) is 6.10 Å². The Labute approximate surface area is 111 Å². The van der Waals surface area contributed by atoms with Crippen molar-refractivity contribution < 1.29 is 4.74 Å². The molecule has 92 valence electrons. The Morgan fingerprint density at radius 2 is 2.00 bits per heavy atom. The molecule has 0 spiro atoms. The first kappa shape index (κ1) is 11.5. The lowest BCUT2D eigenvalue weighted by molar-refractivity contribution is 0.102. The standard InChI is InChI=1S/C14H18BrNO/c15-10-5-6-13-11(7-10)12(16)8-14(17-13)9-3-1-2-4-9/h5-7,9,12,14H,1-4,8,16H2. The molecule has 0 aromatic heterocycles. The number of hydrogen-bond donors (Lipinski definition) is 1. The van der Waals surface area contributed by atoms with Crippen LogP contribution < -0.4 is 10.5 Å². The molecule has 17 heavy (non-hydrogen) atoms. The summed E-state index contributed by atoms with van der Waals surface area (Å²) in [4.78, 5) is 0. The molecule has 0 saturated heterocycles. The third kappa shape index (κ3) is 2.23. The van der Waals surface area contributed by atoms with Crippen LogP contribution in [-0.2, 0) is 0 Å². The zero-order valence-corrected chi connectivity index (χ0v) is 11.4. The lowest BCUT2D eigenvalue weighted by atomic mass is 9.89. The minimum atomic E-state index is 0.127. The molecule has 1 fully saturated rings. The van der Waals surface area contributed by atoms with Gasteiger partial charge in [-0.05, 0) is 37.0 Å². The molecule has 3 rings (SSSR count). The van der Waals surface area contributed by atoms with E-state index in [1.807, 2.05) is 12.1 Å². The minimum absolute atomic E-state index is 0.127. The van der Waals surface area contributed by atoms with Gasteiger partial charge in [-0.3, -0.25) is 0 Å². The van der Waals surface area contributed by atoms with Crippen LogP contribution in [0, 0.1) is 5.92 Å². The predicted octanol–water partition coefficient (Wildman–Crippen LogP) is 3.79. The third-order valence-corrected chi connectivity index (χ3v) is 4.55. The molecule has 0 radical (unpaired) electrons. The van der Waals surface area contributed by atoms with Gasteiger partial charge in [0.05, 0.1) is 0 Å². The Hall–Kier alpha value is -0.540. The topological polar surface area (TPSA) is 35.2 Å². The summed E-state index contributed by atoms with van der Waals surface area (Å²) in [5, 5.41) is 0. The zero-order valence-electron chi connectivity index (χ0n) is 9.86. The van der Waals surface area contributed by atoms with Crippen LogP contribution in [0.3, 0.4) is 0 Å². The predicted molar refractivity (Wildman–Crippen MR) is 72.1 cm³/mol. The zero-order chi connectivity index (χ0) is 11.8. The second-order valence-electron chi connectivity index (χ2n) is 5.23. The van der Waals surface area contributed by atoms with Crippen molar-refractivity contribution in [2.45, 2.75) is 44.2 Å². The summed E-state index contributed by atoms with van der Waals surface area (Å²) in [6, 6.07) is 6.29. The molecule has 1 aliphatic carbocycles. The Bertz CT molecular complexity index is 415. The van der Waals surface area contributed by atoms with Gasteiger partial charge in [0.15, 0.2) is 0 Å². The molecule has 1 aromatic rings. The van der Waals surface area contributed by atoms with E-state index in [0.717, 1.165) is 28.1 Å². The van der Waals surface area contributed by atoms with Crippen molar-refractivity contribution in [2.24, 2.45) is 11.7 Å². The molecule has 1 aromatic carbocycles. The van der Waals surface area contributed by atoms with Gasteiger partial charge < -0.3 is 10.5 Å². The van der Waals surface area contributed by atoms with Gasteiger partial charge >= 0.3 is 0 Å². The molecular formula is C14H18BrNO. The van der Waals surface area contributed by atoms with Crippen LogP contribution in [0.4, 0.5) is 0 Å². The van der Waals surface area contributed by atoms with E-state index in [-0.39, 0.29) is 6.04 Å². The van der Waals surface area contributed by atoms with E-state index in [2.05, 4.69) is 22.0 Å². The number of nitrogens with two attached hydrogens (primary N) is 1. The Morgan fingerprint density at radius 3 is 2.76 bits per heavy atom. The molecule has 2 unspecified atom stereocenters. The van der Waals surface area contributed by atoms with Gasteiger partial charge in [-0.25, -0.2) is 0 Å². The van der Waals surface area contributed by atoms with E-state index in [9.17, 15) is 0 Å². The van der Waals surface area contributed by atoms with Crippen LogP contribution in [0.15, 0.2) is 22.7 Å². The van der Waals surface area contributed by atoms with Crippen molar-refractivity contribution in [3.05, 3.63) is 28.2 Å². The van der Waals surface area contributed by atoms with Crippen LogP contribution in [0.5, 0.6) is 5.75 Å². The van der Waals surface area contributed by atoms with Crippen molar-refractivity contribution in [1.29, 1.82) is 0 Å². The highest BCUT2D eigenvalue weighted by Crippen LogP contribution is 2.40. The summed E-state index contributed by atoms with van der Waals surface area (Å²) in [6.45, 7) is 0. The molecule has 0 amide bonds. The van der Waals surface area contributed by atoms with Crippen molar-refractivity contribution in [3.8, 4) is 5.75 Å². The van der Waals surface area contributed by atoms with E-state index in [1.165, 1.54) is 25.7 Å². The molecule has 1 aliphatic heterocycles. The molecule has 1 saturated carbocycles. The number of hydrogen-bond acceptors (Lipinski definition) is 2. The third-order valence-electron chi connectivity index (χ3n) is 4.06. The van der Waals surface area contributed by atoms with Crippen LogP contribution in [-0.4, -0.2) is 6.10 Å². The summed E-state index contributed by atoms with van der Waals surface area (Å²) >= 11 is 3.49. The average Bonchev–Trinajstić information content (AvgIpc) is 2.83. The molecule has 1 heterocycles. The molecular weight excluding hydrogens is 278 g/mol.